The van der Waals surface area contributed by atoms with E-state index in [9.17, 15) is 9.59 Å². The second-order valence-corrected chi connectivity index (χ2v) is 6.20. The maximum Gasteiger partial charge on any atom is 0.341 e. The molecular weight excluding hydrogens is 276 g/mol. The number of carbonyl (C=O) groups excluding carboxylic acids is 2. The van der Waals surface area contributed by atoms with Crippen molar-refractivity contribution in [3.63, 3.8) is 0 Å². The Bertz CT molecular complexity index is 519. The topological polar surface area (TPSA) is 67.4 Å². The zero-order valence-corrected chi connectivity index (χ0v) is 12.9. The number of esters is 1. The number of piperidine rings is 1. The Balaban J connectivity index is 2.18. The first kappa shape index (κ1) is 15.0. The molecule has 2 rings (SSSR count). The van der Waals surface area contributed by atoms with Gasteiger partial charge in [-0.3, -0.25) is 4.79 Å². The van der Waals surface area contributed by atoms with Crippen LogP contribution in [0.25, 0.3) is 0 Å². The number of ether oxygens (including phenoxy) is 1. The van der Waals surface area contributed by atoms with Crippen molar-refractivity contribution < 1.29 is 14.3 Å². The summed E-state index contributed by atoms with van der Waals surface area (Å²) in [5, 5.41) is 6.66. The van der Waals surface area contributed by atoms with Crippen LogP contribution in [-0.2, 0) is 9.53 Å². The van der Waals surface area contributed by atoms with Crippen LogP contribution in [0.5, 0.6) is 0 Å². The third-order valence-corrected chi connectivity index (χ3v) is 4.76. The number of nitrogens with one attached hydrogen (secondary N) is 2. The number of rotatable bonds is 3. The van der Waals surface area contributed by atoms with Gasteiger partial charge in [0.1, 0.15) is 5.00 Å². The highest BCUT2D eigenvalue weighted by molar-refractivity contribution is 7.16. The number of amides is 1. The average Bonchev–Trinajstić information content (AvgIpc) is 2.74. The van der Waals surface area contributed by atoms with E-state index in [1.807, 2.05) is 13.8 Å². The lowest BCUT2D eigenvalue weighted by Crippen LogP contribution is -2.43. The maximum absolute atomic E-state index is 12.2. The lowest BCUT2D eigenvalue weighted by Gasteiger charge is -2.22. The van der Waals surface area contributed by atoms with Crippen molar-refractivity contribution in [2.75, 3.05) is 19.0 Å². The Morgan fingerprint density at radius 2 is 2.10 bits per heavy atom. The normalized spacial score (nSPS) is 18.6. The first-order valence-electron chi connectivity index (χ1n) is 6.77. The van der Waals surface area contributed by atoms with Crippen LogP contribution >= 0.6 is 11.3 Å². The third kappa shape index (κ3) is 3.02. The summed E-state index contributed by atoms with van der Waals surface area (Å²) < 4.78 is 4.80. The second kappa shape index (κ2) is 6.37. The van der Waals surface area contributed by atoms with Gasteiger partial charge in [0.2, 0.25) is 5.91 Å². The Morgan fingerprint density at radius 3 is 2.70 bits per heavy atom. The molecule has 1 fully saturated rings. The minimum atomic E-state index is -0.404. The zero-order valence-electron chi connectivity index (χ0n) is 12.0. The molecule has 5 nitrogen and oxygen atoms in total. The van der Waals surface area contributed by atoms with Gasteiger partial charge in [-0.25, -0.2) is 4.79 Å². The van der Waals surface area contributed by atoms with Crippen LogP contribution in [-0.4, -0.2) is 31.6 Å². The quantitative estimate of drug-likeness (QED) is 0.839. The predicted octanol–water partition coefficient (Wildman–Crippen LogP) is 2.23. The average molecular weight is 296 g/mol. The smallest absolute Gasteiger partial charge is 0.341 e. The molecule has 1 unspecified atom stereocenters. The molecule has 0 aliphatic carbocycles. The van der Waals surface area contributed by atoms with Gasteiger partial charge in [0, 0.05) is 4.88 Å². The lowest BCUT2D eigenvalue weighted by atomic mass is 10.0. The van der Waals surface area contributed by atoms with Crippen molar-refractivity contribution in [3.05, 3.63) is 16.0 Å². The maximum atomic E-state index is 12.2. The first-order valence-corrected chi connectivity index (χ1v) is 7.58. The molecule has 1 saturated heterocycles. The van der Waals surface area contributed by atoms with E-state index in [4.69, 9.17) is 4.74 Å². The molecule has 0 saturated carbocycles. The molecule has 1 aliphatic heterocycles. The first-order chi connectivity index (χ1) is 9.54. The van der Waals surface area contributed by atoms with Gasteiger partial charge in [-0.15, -0.1) is 11.3 Å². The second-order valence-electron chi connectivity index (χ2n) is 4.97. The molecule has 0 spiro atoms. The van der Waals surface area contributed by atoms with E-state index in [2.05, 4.69) is 10.6 Å². The van der Waals surface area contributed by atoms with Gasteiger partial charge in [0.05, 0.1) is 18.7 Å². The number of hydrogen-bond donors (Lipinski definition) is 2. The standard InChI is InChI=1S/C14H20N2O3S/c1-8-9(2)20-13(11(8)14(18)19-3)16-12(17)10-6-4-5-7-15-10/h10,15H,4-7H2,1-3H3,(H,16,17). The Hall–Kier alpha value is -1.40. The fourth-order valence-corrected chi connectivity index (χ4v) is 3.39. The molecule has 1 aromatic rings. The fraction of sp³-hybridized carbons (Fsp3) is 0.571. The summed E-state index contributed by atoms with van der Waals surface area (Å²) in [7, 11) is 1.35. The highest BCUT2D eigenvalue weighted by atomic mass is 32.1. The molecule has 1 atom stereocenters. The largest absolute Gasteiger partial charge is 0.465 e. The monoisotopic (exact) mass is 296 g/mol. The van der Waals surface area contributed by atoms with E-state index in [1.54, 1.807) is 0 Å². The highest BCUT2D eigenvalue weighted by Gasteiger charge is 2.25. The van der Waals surface area contributed by atoms with Crippen LogP contribution < -0.4 is 10.6 Å². The van der Waals surface area contributed by atoms with Gasteiger partial charge in [-0.05, 0) is 38.8 Å². The van der Waals surface area contributed by atoms with E-state index in [-0.39, 0.29) is 11.9 Å². The molecule has 2 N–H and O–H groups in total. The molecule has 1 aliphatic rings. The van der Waals surface area contributed by atoms with Gasteiger partial charge < -0.3 is 15.4 Å². The van der Waals surface area contributed by atoms with E-state index >= 15 is 0 Å². The van der Waals surface area contributed by atoms with Gasteiger partial charge in [0.25, 0.3) is 0 Å². The van der Waals surface area contributed by atoms with Gasteiger partial charge >= 0.3 is 5.97 Å². The molecule has 0 aromatic carbocycles. The molecule has 1 amide bonds. The Labute approximate surface area is 122 Å². The van der Waals surface area contributed by atoms with Crippen molar-refractivity contribution in [2.24, 2.45) is 0 Å². The van der Waals surface area contributed by atoms with Crippen LogP contribution in [0, 0.1) is 13.8 Å². The number of aryl methyl sites for hydroxylation is 1. The number of carbonyl (C=O) groups is 2. The lowest BCUT2D eigenvalue weighted by molar-refractivity contribution is -0.118. The van der Waals surface area contributed by atoms with Crippen LogP contribution in [0.4, 0.5) is 5.00 Å². The molecule has 1 aromatic heterocycles. The van der Waals surface area contributed by atoms with Crippen molar-refractivity contribution in [2.45, 2.75) is 39.2 Å². The zero-order chi connectivity index (χ0) is 14.7. The summed E-state index contributed by atoms with van der Waals surface area (Å²) in [6.07, 6.45) is 2.99. The number of thiophene rings is 1. The van der Waals surface area contributed by atoms with Gasteiger partial charge in [-0.2, -0.15) is 0 Å². The van der Waals surface area contributed by atoms with Crippen molar-refractivity contribution in [1.29, 1.82) is 0 Å². The SMILES string of the molecule is COC(=O)c1c(NC(=O)C2CCCCN2)sc(C)c1C. The van der Waals surface area contributed by atoms with Crippen LogP contribution in [0.3, 0.4) is 0 Å². The van der Waals surface area contributed by atoms with Crippen molar-refractivity contribution in [1.82, 2.24) is 5.32 Å². The predicted molar refractivity (Wildman–Crippen MR) is 79.4 cm³/mol. The molecule has 0 bridgehead atoms. The third-order valence-electron chi connectivity index (χ3n) is 3.64. The number of hydrogen-bond acceptors (Lipinski definition) is 5. The summed E-state index contributed by atoms with van der Waals surface area (Å²) in [5.74, 6) is -0.477. The van der Waals surface area contributed by atoms with Gasteiger partial charge in [-0.1, -0.05) is 6.42 Å². The Kier molecular flexibility index (Phi) is 4.77. The molecule has 6 heteroatoms. The molecule has 110 valence electrons. The van der Waals surface area contributed by atoms with E-state index in [0.29, 0.717) is 10.6 Å². The van der Waals surface area contributed by atoms with Crippen LogP contribution in [0.15, 0.2) is 0 Å². The minimum absolute atomic E-state index is 0.0731. The van der Waals surface area contributed by atoms with Crippen LogP contribution in [0.2, 0.25) is 0 Å². The summed E-state index contributed by atoms with van der Waals surface area (Å²) in [5.41, 5.74) is 1.34. The highest BCUT2D eigenvalue weighted by Crippen LogP contribution is 2.33. The summed E-state index contributed by atoms with van der Waals surface area (Å²) in [6, 6.07) is -0.169. The molecular formula is C14H20N2O3S. The van der Waals surface area contributed by atoms with Crippen molar-refractivity contribution >= 4 is 28.2 Å². The van der Waals surface area contributed by atoms with Crippen LogP contribution in [0.1, 0.15) is 40.1 Å². The summed E-state index contributed by atoms with van der Waals surface area (Å²) in [6.45, 7) is 4.66. The van der Waals surface area contributed by atoms with Crippen molar-refractivity contribution in [3.8, 4) is 0 Å². The molecule has 20 heavy (non-hydrogen) atoms. The molecule has 0 radical (unpaired) electrons. The Morgan fingerprint density at radius 1 is 1.35 bits per heavy atom. The fourth-order valence-electron chi connectivity index (χ4n) is 2.34. The van der Waals surface area contributed by atoms with Gasteiger partial charge in [0.15, 0.2) is 0 Å². The minimum Gasteiger partial charge on any atom is -0.465 e. The summed E-state index contributed by atoms with van der Waals surface area (Å²) in [4.78, 5) is 25.1. The number of methoxy groups -OCH3 is 1. The number of anilines is 1. The summed E-state index contributed by atoms with van der Waals surface area (Å²) >= 11 is 1.42. The molecule has 2 heterocycles. The van der Waals surface area contributed by atoms with E-state index in [0.717, 1.165) is 36.2 Å². The van der Waals surface area contributed by atoms with E-state index < -0.39 is 5.97 Å². The van der Waals surface area contributed by atoms with E-state index in [1.165, 1.54) is 18.4 Å².